The first kappa shape index (κ1) is 22.0. The van der Waals surface area contributed by atoms with E-state index in [4.69, 9.17) is 4.42 Å². The number of carboxylic acids is 1. The molecule has 0 bridgehead atoms. The van der Waals surface area contributed by atoms with E-state index in [-0.39, 0.29) is 18.0 Å². The Labute approximate surface area is 201 Å². The first-order valence-electron chi connectivity index (χ1n) is 11.0. The molecule has 0 saturated carbocycles. The van der Waals surface area contributed by atoms with Gasteiger partial charge in [0.1, 0.15) is 16.4 Å². The molecule has 0 aliphatic heterocycles. The first-order valence-corrected chi connectivity index (χ1v) is 11.9. The molecule has 1 unspecified atom stereocenters. The molecule has 168 valence electrons. The number of benzene rings is 4. The minimum Gasteiger partial charge on any atom is -0.480 e. The third kappa shape index (κ3) is 4.75. The van der Waals surface area contributed by atoms with Gasteiger partial charge >= 0.3 is 5.97 Å². The number of rotatable bonds is 7. The highest BCUT2D eigenvalue weighted by Crippen LogP contribution is 2.30. The molecular weight excluding hydrogens is 444 g/mol. The molecule has 1 N–H and O–H groups in total. The van der Waals surface area contributed by atoms with Crippen LogP contribution in [0.3, 0.4) is 0 Å². The van der Waals surface area contributed by atoms with Gasteiger partial charge in [0.25, 0.3) is 0 Å². The molecule has 5 aromatic rings. The fraction of sp³-hybridized carbons (Fsp3) is 0.103. The fourth-order valence-corrected chi connectivity index (χ4v) is 5.05. The number of thioether (sulfide) groups is 1. The van der Waals surface area contributed by atoms with Gasteiger partial charge in [0.2, 0.25) is 0 Å². The smallest absolute Gasteiger partial charge is 0.317 e. The SMILES string of the molecule is O=C(Cc1ccc(-c2ccccc2)cc1)SC(Cc1ccc2oc3ccccc3c2c1)C(=O)O. The van der Waals surface area contributed by atoms with Gasteiger partial charge in [-0.2, -0.15) is 0 Å². The second-order valence-electron chi connectivity index (χ2n) is 8.19. The molecule has 1 heterocycles. The predicted octanol–water partition coefficient (Wildman–Crippen LogP) is 6.75. The van der Waals surface area contributed by atoms with Crippen molar-refractivity contribution < 1.29 is 19.1 Å². The van der Waals surface area contributed by atoms with Crippen molar-refractivity contribution >= 4 is 44.8 Å². The zero-order valence-corrected chi connectivity index (χ0v) is 19.1. The molecule has 0 fully saturated rings. The van der Waals surface area contributed by atoms with Crippen molar-refractivity contribution in [3.05, 3.63) is 108 Å². The Morgan fingerprint density at radius 1 is 0.735 bits per heavy atom. The number of hydrogen-bond acceptors (Lipinski definition) is 4. The van der Waals surface area contributed by atoms with Gasteiger partial charge in [0, 0.05) is 17.2 Å². The van der Waals surface area contributed by atoms with Gasteiger partial charge in [-0.1, -0.05) is 90.6 Å². The Hall–Kier alpha value is -3.83. The van der Waals surface area contributed by atoms with Crippen LogP contribution in [0.5, 0.6) is 0 Å². The maximum Gasteiger partial charge on any atom is 0.317 e. The van der Waals surface area contributed by atoms with Gasteiger partial charge in [-0.3, -0.25) is 9.59 Å². The number of hydrogen-bond donors (Lipinski definition) is 1. The van der Waals surface area contributed by atoms with Crippen LogP contribution in [0, 0.1) is 0 Å². The molecule has 0 aliphatic rings. The Bertz CT molecular complexity index is 1470. The van der Waals surface area contributed by atoms with Gasteiger partial charge < -0.3 is 9.52 Å². The van der Waals surface area contributed by atoms with E-state index in [1.807, 2.05) is 97.1 Å². The summed E-state index contributed by atoms with van der Waals surface area (Å²) in [6.07, 6.45) is 0.447. The number of carbonyl (C=O) groups is 2. The van der Waals surface area contributed by atoms with Gasteiger partial charge in [-0.05, 0) is 46.9 Å². The van der Waals surface area contributed by atoms with Crippen LogP contribution in [-0.4, -0.2) is 21.4 Å². The van der Waals surface area contributed by atoms with Gasteiger partial charge in [0.15, 0.2) is 5.12 Å². The highest BCUT2D eigenvalue weighted by Gasteiger charge is 2.23. The number of fused-ring (bicyclic) bond motifs is 3. The highest BCUT2D eigenvalue weighted by molar-refractivity contribution is 8.14. The van der Waals surface area contributed by atoms with E-state index >= 15 is 0 Å². The minimum absolute atomic E-state index is 0.158. The topological polar surface area (TPSA) is 67.5 Å². The van der Waals surface area contributed by atoms with Crippen LogP contribution in [0.4, 0.5) is 0 Å². The molecule has 34 heavy (non-hydrogen) atoms. The van der Waals surface area contributed by atoms with Gasteiger partial charge in [-0.25, -0.2) is 0 Å². The Morgan fingerprint density at radius 2 is 1.38 bits per heavy atom. The molecule has 0 radical (unpaired) electrons. The van der Waals surface area contributed by atoms with E-state index in [1.54, 1.807) is 0 Å². The van der Waals surface area contributed by atoms with Crippen molar-refractivity contribution in [2.75, 3.05) is 0 Å². The van der Waals surface area contributed by atoms with Crippen molar-refractivity contribution in [3.63, 3.8) is 0 Å². The molecule has 5 rings (SSSR count). The number of carbonyl (C=O) groups excluding carboxylic acids is 1. The predicted molar refractivity (Wildman–Crippen MR) is 137 cm³/mol. The van der Waals surface area contributed by atoms with Crippen LogP contribution < -0.4 is 0 Å². The summed E-state index contributed by atoms with van der Waals surface area (Å²) < 4.78 is 5.85. The zero-order chi connectivity index (χ0) is 23.5. The lowest BCUT2D eigenvalue weighted by Crippen LogP contribution is -2.21. The highest BCUT2D eigenvalue weighted by atomic mass is 32.2. The largest absolute Gasteiger partial charge is 0.480 e. The Morgan fingerprint density at radius 3 is 2.15 bits per heavy atom. The van der Waals surface area contributed by atoms with Crippen LogP contribution >= 0.6 is 11.8 Å². The number of furan rings is 1. The summed E-state index contributed by atoms with van der Waals surface area (Å²) in [6.45, 7) is 0. The number of carboxylic acid groups (broad SMARTS) is 1. The summed E-state index contributed by atoms with van der Waals surface area (Å²) >= 11 is 0.892. The maximum atomic E-state index is 12.7. The van der Waals surface area contributed by atoms with Crippen molar-refractivity contribution in [1.29, 1.82) is 0 Å². The molecule has 4 aromatic carbocycles. The van der Waals surface area contributed by atoms with Gasteiger partial charge in [0.05, 0.1) is 0 Å². The van der Waals surface area contributed by atoms with Crippen LogP contribution in [0.25, 0.3) is 33.1 Å². The molecule has 5 heteroatoms. The summed E-state index contributed by atoms with van der Waals surface area (Å²) in [4.78, 5) is 24.6. The van der Waals surface area contributed by atoms with E-state index in [0.29, 0.717) is 0 Å². The third-order valence-corrected chi connectivity index (χ3v) is 6.88. The second-order valence-corrected chi connectivity index (χ2v) is 9.45. The van der Waals surface area contributed by atoms with Crippen molar-refractivity contribution in [2.45, 2.75) is 18.1 Å². The molecule has 1 atom stereocenters. The molecule has 0 spiro atoms. The van der Waals surface area contributed by atoms with Crippen molar-refractivity contribution in [1.82, 2.24) is 0 Å². The lowest BCUT2D eigenvalue weighted by atomic mass is 10.0. The fourth-order valence-electron chi connectivity index (χ4n) is 4.11. The van der Waals surface area contributed by atoms with Crippen LogP contribution in [0.15, 0.2) is 101 Å². The number of aliphatic carboxylic acids is 1. The third-order valence-electron chi connectivity index (χ3n) is 5.82. The standard InChI is InChI=1S/C29H22O4S/c30-28(18-19-10-13-22(14-11-19)21-6-2-1-3-7-21)34-27(29(31)32)17-20-12-15-26-24(16-20)23-8-4-5-9-25(23)33-26/h1-16,27H,17-18H2,(H,31,32). The summed E-state index contributed by atoms with van der Waals surface area (Å²) in [5, 5.41) is 10.7. The minimum atomic E-state index is -0.991. The van der Waals surface area contributed by atoms with E-state index in [9.17, 15) is 14.7 Å². The average molecular weight is 467 g/mol. The monoisotopic (exact) mass is 466 g/mol. The van der Waals surface area contributed by atoms with E-state index < -0.39 is 11.2 Å². The van der Waals surface area contributed by atoms with Crippen LogP contribution in [0.1, 0.15) is 11.1 Å². The zero-order valence-electron chi connectivity index (χ0n) is 18.3. The lowest BCUT2D eigenvalue weighted by molar-refractivity contribution is -0.136. The molecule has 4 nitrogen and oxygen atoms in total. The van der Waals surface area contributed by atoms with Crippen LogP contribution in [-0.2, 0) is 22.4 Å². The Balaban J connectivity index is 1.28. The van der Waals surface area contributed by atoms with E-state index in [1.165, 1.54) is 0 Å². The molecular formula is C29H22O4S. The van der Waals surface area contributed by atoms with E-state index in [0.717, 1.165) is 56.0 Å². The lowest BCUT2D eigenvalue weighted by Gasteiger charge is -2.12. The van der Waals surface area contributed by atoms with Gasteiger partial charge in [-0.15, -0.1) is 0 Å². The molecule has 0 amide bonds. The molecule has 0 saturated heterocycles. The van der Waals surface area contributed by atoms with Crippen molar-refractivity contribution in [2.24, 2.45) is 0 Å². The summed E-state index contributed by atoms with van der Waals surface area (Å²) in [6, 6.07) is 31.3. The maximum absolute atomic E-state index is 12.7. The average Bonchev–Trinajstić information content (AvgIpc) is 3.22. The first-order chi connectivity index (χ1) is 16.6. The summed E-state index contributed by atoms with van der Waals surface area (Å²) in [5.41, 5.74) is 5.48. The molecule has 0 aliphatic carbocycles. The summed E-state index contributed by atoms with van der Waals surface area (Å²) in [7, 11) is 0. The second kappa shape index (κ2) is 9.57. The quantitative estimate of drug-likeness (QED) is 0.287. The molecule has 1 aromatic heterocycles. The summed E-state index contributed by atoms with van der Waals surface area (Å²) in [5.74, 6) is -0.991. The van der Waals surface area contributed by atoms with Crippen LogP contribution in [0.2, 0.25) is 0 Å². The van der Waals surface area contributed by atoms with Crippen molar-refractivity contribution in [3.8, 4) is 11.1 Å². The Kier molecular flexibility index (Phi) is 6.19. The normalized spacial score (nSPS) is 12.1. The number of para-hydroxylation sites is 1. The van der Waals surface area contributed by atoms with E-state index in [2.05, 4.69) is 0 Å².